The molecular formula is C25H29FN2O5S. The van der Waals surface area contributed by atoms with Gasteiger partial charge in [-0.25, -0.2) is 12.8 Å². The Kier molecular flexibility index (Phi) is 6.56. The zero-order valence-electron chi connectivity index (χ0n) is 19.0. The van der Waals surface area contributed by atoms with E-state index in [2.05, 4.69) is 4.90 Å². The van der Waals surface area contributed by atoms with Crippen LogP contribution in [0.25, 0.3) is 0 Å². The maximum atomic E-state index is 13.2. The van der Waals surface area contributed by atoms with Gasteiger partial charge in [0.05, 0.1) is 24.7 Å². The van der Waals surface area contributed by atoms with E-state index in [1.165, 1.54) is 16.4 Å². The molecule has 1 spiro atoms. The van der Waals surface area contributed by atoms with Crippen molar-refractivity contribution in [2.75, 3.05) is 45.9 Å². The van der Waals surface area contributed by atoms with E-state index >= 15 is 0 Å². The number of halogens is 1. The average Bonchev–Trinajstić information content (AvgIpc) is 3.32. The van der Waals surface area contributed by atoms with E-state index in [0.717, 1.165) is 32.5 Å². The van der Waals surface area contributed by atoms with Crippen molar-refractivity contribution in [3.63, 3.8) is 0 Å². The molecule has 3 aliphatic heterocycles. The topological polar surface area (TPSA) is 76.2 Å². The molecule has 0 bridgehead atoms. The number of nitrogens with zero attached hydrogens (tertiary/aromatic N) is 2. The highest BCUT2D eigenvalue weighted by Crippen LogP contribution is 2.42. The first-order valence-electron chi connectivity index (χ1n) is 11.8. The molecule has 7 nitrogen and oxygen atoms in total. The van der Waals surface area contributed by atoms with Crippen LogP contribution in [0.5, 0.6) is 0 Å². The van der Waals surface area contributed by atoms with Crippen LogP contribution in [0.15, 0.2) is 53.4 Å². The number of sulfonamides is 1. The largest absolute Gasteiger partial charge is 0.342 e. The Hall–Kier alpha value is -2.17. The fourth-order valence-electron chi connectivity index (χ4n) is 5.19. The van der Waals surface area contributed by atoms with Crippen LogP contribution in [0, 0.1) is 11.7 Å². The summed E-state index contributed by atoms with van der Waals surface area (Å²) in [7, 11) is -3.62. The Bertz CT molecular complexity index is 1140. The van der Waals surface area contributed by atoms with Gasteiger partial charge in [0, 0.05) is 23.6 Å². The van der Waals surface area contributed by atoms with Gasteiger partial charge in [-0.15, -0.1) is 0 Å². The number of fused-ring (bicyclic) bond motifs is 2. The molecule has 0 unspecified atom stereocenters. The minimum Gasteiger partial charge on any atom is -0.342 e. The summed E-state index contributed by atoms with van der Waals surface area (Å²) in [6.45, 7) is 3.72. The molecule has 2 aromatic carbocycles. The number of likely N-dealkylation sites (tertiary alicyclic amines) is 1. The fourth-order valence-corrected chi connectivity index (χ4v) is 6.93. The summed E-state index contributed by atoms with van der Waals surface area (Å²) < 4.78 is 52.9. The third kappa shape index (κ3) is 4.43. The van der Waals surface area contributed by atoms with Gasteiger partial charge in [-0.1, -0.05) is 18.2 Å². The second-order valence-electron chi connectivity index (χ2n) is 9.13. The zero-order valence-corrected chi connectivity index (χ0v) is 19.8. The molecule has 2 aromatic rings. The van der Waals surface area contributed by atoms with Gasteiger partial charge >= 0.3 is 0 Å². The van der Waals surface area contributed by atoms with Crippen LogP contribution in [0.3, 0.4) is 0 Å². The number of hydrogen-bond donors (Lipinski definition) is 0. The van der Waals surface area contributed by atoms with Crippen LogP contribution < -0.4 is 0 Å². The molecule has 9 heteroatoms. The molecule has 0 saturated carbocycles. The highest BCUT2D eigenvalue weighted by Gasteiger charge is 2.50. The van der Waals surface area contributed by atoms with Crippen LogP contribution in [0.1, 0.15) is 35.2 Å². The molecule has 34 heavy (non-hydrogen) atoms. The van der Waals surface area contributed by atoms with Gasteiger partial charge in [-0.3, -0.25) is 4.79 Å². The summed E-state index contributed by atoms with van der Waals surface area (Å²) in [5.74, 6) is -1.36. The van der Waals surface area contributed by atoms with Crippen molar-refractivity contribution < 1.29 is 27.1 Å². The number of hydrogen-bond acceptors (Lipinski definition) is 6. The number of Topliss-reactive ketones (excluding diaryl/α,β-unsaturated/α-hetero) is 1. The Labute approximate surface area is 199 Å². The maximum absolute atomic E-state index is 13.2. The lowest BCUT2D eigenvalue weighted by atomic mass is 9.89. The lowest BCUT2D eigenvalue weighted by molar-refractivity contribution is -0.176. The fraction of sp³-hybridized carbons (Fsp3) is 0.480. The van der Waals surface area contributed by atoms with Gasteiger partial charge in [-0.05, 0) is 69.2 Å². The van der Waals surface area contributed by atoms with Crippen molar-refractivity contribution in [3.05, 3.63) is 65.5 Å². The molecule has 0 N–H and O–H groups in total. The third-order valence-electron chi connectivity index (χ3n) is 7.02. The summed E-state index contributed by atoms with van der Waals surface area (Å²) in [5.41, 5.74) is 1.14. The molecule has 2 fully saturated rings. The van der Waals surface area contributed by atoms with E-state index in [1.54, 1.807) is 36.4 Å². The van der Waals surface area contributed by atoms with Crippen LogP contribution >= 0.6 is 0 Å². The first kappa shape index (κ1) is 23.6. The predicted octanol–water partition coefficient (Wildman–Crippen LogP) is 3.01. The van der Waals surface area contributed by atoms with Crippen molar-refractivity contribution in [3.8, 4) is 0 Å². The molecule has 0 atom stereocenters. The molecule has 2 saturated heterocycles. The molecule has 5 rings (SSSR count). The molecule has 3 heterocycles. The Morgan fingerprint density at radius 2 is 1.68 bits per heavy atom. The van der Waals surface area contributed by atoms with Crippen LogP contribution in [-0.2, 0) is 25.3 Å². The Balaban J connectivity index is 1.17. The molecule has 0 amide bonds. The second kappa shape index (κ2) is 9.47. The van der Waals surface area contributed by atoms with Crippen molar-refractivity contribution in [2.24, 2.45) is 5.92 Å². The minimum atomic E-state index is -3.62. The van der Waals surface area contributed by atoms with E-state index in [9.17, 15) is 17.6 Å². The van der Waals surface area contributed by atoms with Crippen LogP contribution in [0.4, 0.5) is 4.39 Å². The summed E-state index contributed by atoms with van der Waals surface area (Å²) in [5, 5.41) is 0. The van der Waals surface area contributed by atoms with Crippen molar-refractivity contribution >= 4 is 15.8 Å². The summed E-state index contributed by atoms with van der Waals surface area (Å²) in [6.07, 6.45) is 2.17. The molecule has 0 aliphatic carbocycles. The minimum absolute atomic E-state index is 0.0581. The highest BCUT2D eigenvalue weighted by molar-refractivity contribution is 7.89. The molecule has 0 radical (unpaired) electrons. The summed E-state index contributed by atoms with van der Waals surface area (Å²) >= 11 is 0. The lowest BCUT2D eigenvalue weighted by Crippen LogP contribution is -2.50. The van der Waals surface area contributed by atoms with E-state index < -0.39 is 15.8 Å². The quantitative estimate of drug-likeness (QED) is 0.582. The molecule has 3 aliphatic rings. The van der Waals surface area contributed by atoms with E-state index in [4.69, 9.17) is 9.47 Å². The van der Waals surface area contributed by atoms with Crippen LogP contribution in [0.2, 0.25) is 0 Å². The van der Waals surface area contributed by atoms with Gasteiger partial charge in [-0.2, -0.15) is 4.31 Å². The Morgan fingerprint density at radius 1 is 1.00 bits per heavy atom. The van der Waals surface area contributed by atoms with E-state index in [1.807, 2.05) is 0 Å². The third-order valence-corrected chi connectivity index (χ3v) is 8.93. The van der Waals surface area contributed by atoms with Crippen molar-refractivity contribution in [1.29, 1.82) is 0 Å². The number of piperidine rings is 1. The second-order valence-corrected chi connectivity index (χ2v) is 11.0. The Morgan fingerprint density at radius 3 is 2.38 bits per heavy atom. The summed E-state index contributed by atoms with van der Waals surface area (Å²) in [4.78, 5) is 15.2. The lowest BCUT2D eigenvalue weighted by Gasteiger charge is -2.39. The average molecular weight is 489 g/mol. The molecule has 0 aromatic heterocycles. The van der Waals surface area contributed by atoms with Crippen LogP contribution in [-0.4, -0.2) is 69.3 Å². The number of carbonyl (C=O) groups excluding carboxylic acids is 1. The van der Waals surface area contributed by atoms with Gasteiger partial charge in [0.15, 0.2) is 5.78 Å². The number of ether oxygens (including phenoxy) is 2. The van der Waals surface area contributed by atoms with Gasteiger partial charge < -0.3 is 14.4 Å². The summed E-state index contributed by atoms with van der Waals surface area (Å²) in [6, 6.07) is 12.7. The normalized spacial score (nSPS) is 22.6. The monoisotopic (exact) mass is 488 g/mol. The maximum Gasteiger partial charge on any atom is 0.243 e. The number of benzene rings is 2. The molecule has 182 valence electrons. The first-order chi connectivity index (χ1) is 16.4. The standard InChI is InChI=1S/C25H29FN2O5S/c26-21-8-6-19(7-9-21)24(29)20-10-14-27(15-11-20)12-3-13-28-18-25(32-16-17-33-25)22-4-1-2-5-23(22)34(28,30)31/h1-2,4-9,20H,3,10-18H2. The zero-order chi connectivity index (χ0) is 23.8. The van der Waals surface area contributed by atoms with Crippen molar-refractivity contribution in [1.82, 2.24) is 9.21 Å². The number of rotatable bonds is 6. The van der Waals surface area contributed by atoms with E-state index in [-0.39, 0.29) is 29.0 Å². The van der Waals surface area contributed by atoms with Gasteiger partial charge in [0.25, 0.3) is 0 Å². The molecular weight excluding hydrogens is 459 g/mol. The number of ketones is 1. The first-order valence-corrected chi connectivity index (χ1v) is 13.2. The van der Waals surface area contributed by atoms with Crippen molar-refractivity contribution in [2.45, 2.75) is 29.9 Å². The van der Waals surface area contributed by atoms with E-state index in [0.29, 0.717) is 37.3 Å². The predicted molar refractivity (Wildman–Crippen MR) is 123 cm³/mol. The number of carbonyl (C=O) groups is 1. The highest BCUT2D eigenvalue weighted by atomic mass is 32.2. The van der Waals surface area contributed by atoms with Gasteiger partial charge in [0.2, 0.25) is 15.8 Å². The SMILES string of the molecule is O=C(c1ccc(F)cc1)C1CCN(CCCN2CC3(OCCO3)c3ccccc3S2(=O)=O)CC1. The van der Waals surface area contributed by atoms with Gasteiger partial charge in [0.1, 0.15) is 5.82 Å². The smallest absolute Gasteiger partial charge is 0.243 e.